The molecule has 3 aliphatic rings. The van der Waals surface area contributed by atoms with Gasteiger partial charge >= 0.3 is 6.03 Å². The Balaban J connectivity index is 0.818. The Kier molecular flexibility index (Phi) is 17.4. The number of allylic oxidation sites excluding steroid dienone is 2. The Bertz CT molecular complexity index is 3620. The number of urea groups is 1. The molecule has 1 aromatic heterocycles. The van der Waals surface area contributed by atoms with E-state index in [1.54, 1.807) is 34.9 Å². The van der Waals surface area contributed by atoms with Gasteiger partial charge in [0.1, 0.15) is 16.8 Å². The summed E-state index contributed by atoms with van der Waals surface area (Å²) >= 11 is 3.25. The first-order valence-corrected chi connectivity index (χ1v) is 30.0. The lowest BCUT2D eigenvalue weighted by molar-refractivity contribution is -0.667. The van der Waals surface area contributed by atoms with Crippen LogP contribution >= 0.6 is 23.1 Å². The van der Waals surface area contributed by atoms with Gasteiger partial charge in [-0.1, -0.05) is 97.1 Å². The summed E-state index contributed by atoms with van der Waals surface area (Å²) in [7, 11) is -8.68. The van der Waals surface area contributed by atoms with Crippen molar-refractivity contribution in [2.24, 2.45) is 0 Å². The molecule has 0 radical (unpaired) electrons. The number of carbonyl (C=O) groups is 4. The van der Waals surface area contributed by atoms with Crippen LogP contribution in [0.5, 0.6) is 5.75 Å². The Morgan fingerprint density at radius 2 is 1.51 bits per heavy atom. The molecule has 0 unspecified atom stereocenters. The smallest absolute Gasteiger partial charge is 0.334 e. The van der Waals surface area contributed by atoms with E-state index in [1.807, 2.05) is 43.3 Å². The van der Waals surface area contributed by atoms with Crippen molar-refractivity contribution >= 4 is 106 Å². The van der Waals surface area contributed by atoms with Gasteiger partial charge < -0.3 is 29.3 Å². The van der Waals surface area contributed by atoms with Gasteiger partial charge in [-0.25, -0.2) is 9.69 Å². The minimum Gasteiger partial charge on any atom is -0.439 e. The Morgan fingerprint density at radius 3 is 2.27 bits per heavy atom. The molecule has 408 valence electrons. The number of aryl methyl sites for hydroxylation is 1. The summed E-state index contributed by atoms with van der Waals surface area (Å²) in [5.74, 6) is -2.41. The van der Waals surface area contributed by atoms with Crippen molar-refractivity contribution in [2.45, 2.75) is 49.4 Å². The molecular weight excluding hydrogens is 1080 g/mol. The summed E-state index contributed by atoms with van der Waals surface area (Å²) in [6, 6.07) is 31.6. The van der Waals surface area contributed by atoms with E-state index in [0.717, 1.165) is 57.6 Å². The zero-order valence-corrected chi connectivity index (χ0v) is 46.0. The van der Waals surface area contributed by atoms with Crippen LogP contribution in [-0.4, -0.2) is 124 Å². The lowest BCUT2D eigenvalue weighted by Crippen LogP contribution is -2.58. The van der Waals surface area contributed by atoms with Crippen molar-refractivity contribution in [3.05, 3.63) is 137 Å². The minimum absolute atomic E-state index is 0.0106. The SMILES string of the molecule is CCCCN1C(=O)C(=CC=C2Oc3ccc(S(=O)(=O)O)cc3N2CC)C(=O)N(CC(=O)NCCOCCOCCN2C(=Cc3sc4ccc5ccccc5c4[n+]3CCCS(=O)(=O)O)Sc3ccc(-c4ccccc4)cc32)C1=O. The molecule has 19 nitrogen and oxygen atoms in total. The van der Waals surface area contributed by atoms with E-state index in [2.05, 4.69) is 69.4 Å². The number of unbranched alkanes of at least 4 members (excludes halogenated alkanes) is 1. The van der Waals surface area contributed by atoms with Crippen molar-refractivity contribution in [1.29, 1.82) is 0 Å². The number of nitrogens with zero attached hydrogens (tertiary/aromatic N) is 5. The van der Waals surface area contributed by atoms with Gasteiger partial charge in [0, 0.05) is 37.5 Å². The third-order valence-electron chi connectivity index (χ3n) is 13.0. The van der Waals surface area contributed by atoms with E-state index in [0.29, 0.717) is 43.1 Å². The highest BCUT2D eigenvalue weighted by molar-refractivity contribution is 8.04. The first-order chi connectivity index (χ1) is 37.5. The van der Waals surface area contributed by atoms with Crippen molar-refractivity contribution in [1.82, 2.24) is 15.1 Å². The molecule has 0 atom stereocenters. The number of thioether (sulfide) groups is 1. The summed E-state index contributed by atoms with van der Waals surface area (Å²) in [5, 5.41) is 6.65. The number of anilines is 2. The fraction of sp³-hybridized carbons (Fsp3) is 0.291. The molecule has 0 spiro atoms. The van der Waals surface area contributed by atoms with Crippen LogP contribution in [0.4, 0.5) is 16.2 Å². The van der Waals surface area contributed by atoms with Crippen LogP contribution in [-0.2, 0) is 50.6 Å². The molecule has 9 rings (SSSR count). The monoisotopic (exact) mass is 1140 g/mol. The quantitative estimate of drug-likeness (QED) is 0.0182. The molecule has 5 aromatic carbocycles. The summed E-state index contributed by atoms with van der Waals surface area (Å²) in [4.78, 5) is 60.3. The zero-order chi connectivity index (χ0) is 55.1. The Hall–Kier alpha value is -6.96. The van der Waals surface area contributed by atoms with Crippen molar-refractivity contribution < 1.29 is 63.9 Å². The van der Waals surface area contributed by atoms with Crippen molar-refractivity contribution in [2.75, 3.05) is 74.7 Å². The second-order valence-electron chi connectivity index (χ2n) is 18.2. The van der Waals surface area contributed by atoms with Gasteiger partial charge in [0.25, 0.3) is 37.1 Å². The molecule has 1 saturated heterocycles. The third kappa shape index (κ3) is 12.6. The number of imide groups is 2. The number of thiazole rings is 1. The predicted molar refractivity (Wildman–Crippen MR) is 298 cm³/mol. The molecule has 4 heterocycles. The molecule has 0 saturated carbocycles. The number of barbiturate groups is 1. The number of nitrogens with one attached hydrogen (secondary N) is 1. The number of benzene rings is 5. The van der Waals surface area contributed by atoms with Crippen LogP contribution in [0.15, 0.2) is 142 Å². The Morgan fingerprint density at radius 1 is 0.756 bits per heavy atom. The summed E-state index contributed by atoms with van der Waals surface area (Å²) < 4.78 is 87.4. The van der Waals surface area contributed by atoms with Crippen LogP contribution in [0, 0.1) is 0 Å². The average Bonchev–Trinajstić information content (AvgIpc) is 4.26. The molecule has 1 fully saturated rings. The topological polar surface area (TPSA) is 234 Å². The number of carbonyl (C=O) groups excluding carboxylic acids is 4. The molecular formula is C55H57N6O13S4+. The molecule has 6 aromatic rings. The molecule has 78 heavy (non-hydrogen) atoms. The highest BCUT2D eigenvalue weighted by Gasteiger charge is 2.42. The largest absolute Gasteiger partial charge is 0.439 e. The lowest BCUT2D eigenvalue weighted by Gasteiger charge is -2.33. The zero-order valence-electron chi connectivity index (χ0n) is 42.7. The van der Waals surface area contributed by atoms with Crippen LogP contribution < -0.4 is 24.4 Å². The van der Waals surface area contributed by atoms with E-state index >= 15 is 0 Å². The third-order valence-corrected chi connectivity index (χ3v) is 16.9. The van der Waals surface area contributed by atoms with Gasteiger partial charge in [0.15, 0.2) is 12.3 Å². The molecule has 3 aliphatic heterocycles. The van der Waals surface area contributed by atoms with Gasteiger partial charge in [-0.05, 0) is 84.5 Å². The average molecular weight is 1140 g/mol. The van der Waals surface area contributed by atoms with Gasteiger partial charge in [-0.2, -0.15) is 21.4 Å². The number of aromatic nitrogens is 1. The van der Waals surface area contributed by atoms with Gasteiger partial charge in [-0.15, -0.1) is 0 Å². The van der Waals surface area contributed by atoms with Crippen molar-refractivity contribution in [3.63, 3.8) is 0 Å². The molecule has 5 amide bonds. The van der Waals surface area contributed by atoms with E-state index in [1.165, 1.54) is 30.4 Å². The first-order valence-electron chi connectivity index (χ1n) is 25.3. The fourth-order valence-electron chi connectivity index (χ4n) is 9.25. The van der Waals surface area contributed by atoms with Crippen LogP contribution in [0.2, 0.25) is 0 Å². The number of hydrogen-bond donors (Lipinski definition) is 3. The number of rotatable bonds is 23. The lowest BCUT2D eigenvalue weighted by atomic mass is 10.0. The number of amides is 5. The summed E-state index contributed by atoms with van der Waals surface area (Å²) in [5.41, 5.74) is 4.09. The maximum atomic E-state index is 13.8. The van der Waals surface area contributed by atoms with E-state index in [4.69, 9.17) is 14.2 Å². The molecule has 3 N–H and O–H groups in total. The minimum atomic E-state index is -4.51. The maximum Gasteiger partial charge on any atom is 0.334 e. The summed E-state index contributed by atoms with van der Waals surface area (Å²) in [6.45, 7) is 5.05. The van der Waals surface area contributed by atoms with Gasteiger partial charge in [0.2, 0.25) is 17.3 Å². The predicted octanol–water partition coefficient (Wildman–Crippen LogP) is 7.87. The van der Waals surface area contributed by atoms with E-state index in [-0.39, 0.29) is 73.7 Å². The summed E-state index contributed by atoms with van der Waals surface area (Å²) in [6.07, 6.45) is 6.00. The van der Waals surface area contributed by atoms with Gasteiger partial charge in [-0.3, -0.25) is 28.4 Å². The molecule has 0 bridgehead atoms. The van der Waals surface area contributed by atoms with E-state index in [9.17, 15) is 45.1 Å². The highest BCUT2D eigenvalue weighted by Crippen LogP contribution is 2.48. The highest BCUT2D eigenvalue weighted by atomic mass is 32.2. The maximum absolute atomic E-state index is 13.8. The van der Waals surface area contributed by atoms with Crippen LogP contribution in [0.25, 0.3) is 38.2 Å². The Labute approximate surface area is 459 Å². The molecule has 0 aliphatic carbocycles. The normalized spacial score (nSPS) is 16.4. The standard InChI is InChI=1S/C55H56N6O13S4/c1-3-5-25-60-53(63)42(19-23-49-57(4-2)43-34-40(78(69,70)71)18-20-45(43)74-49)54(64)61(55(60)65)36-48(62)56-24-28-72-30-31-73-29-27-58-44-33-39(37-12-7-6-8-13-37)17-21-46(44)75-50(58)35-51-59(26-11-32-77(66,67)68)52-41-15-10-9-14-38(41)16-22-47(52)76-51/h6-10,12-23,33-35H,3-5,11,24-32,36H2,1-2H3,(H2-,56,62,66,67,68,69,70,71)/p+1. The fourth-order valence-corrected chi connectivity index (χ4v) is 12.6. The van der Waals surface area contributed by atoms with Crippen LogP contribution in [0.1, 0.15) is 38.1 Å². The van der Waals surface area contributed by atoms with Crippen molar-refractivity contribution in [3.8, 4) is 16.9 Å². The number of fused-ring (bicyclic) bond motifs is 5. The van der Waals surface area contributed by atoms with E-state index < -0.39 is 50.5 Å². The second-order valence-corrected chi connectivity index (χ2v) is 23.4. The molecule has 23 heteroatoms. The van der Waals surface area contributed by atoms with Gasteiger partial charge in [0.05, 0.1) is 64.9 Å². The number of ether oxygens (including phenoxy) is 3. The first kappa shape index (κ1) is 55.8. The second kappa shape index (κ2) is 24.4. The number of hydrogen-bond acceptors (Lipinski definition) is 15. The van der Waals surface area contributed by atoms with Crippen LogP contribution in [0.3, 0.4) is 0 Å².